The van der Waals surface area contributed by atoms with Crippen molar-refractivity contribution in [2.24, 2.45) is 5.73 Å². The Morgan fingerprint density at radius 3 is 2.58 bits per heavy atom. The summed E-state index contributed by atoms with van der Waals surface area (Å²) in [5, 5.41) is 1.48. The second-order valence-corrected chi connectivity index (χ2v) is 9.89. The maximum atomic E-state index is 13.8. The Labute approximate surface area is 201 Å². The lowest BCUT2D eigenvalue weighted by atomic mass is 10.1. The number of likely N-dealkylation sites (tertiary alicyclic amines) is 1. The monoisotopic (exact) mass is 488 g/mol. The molecule has 0 spiro atoms. The van der Waals surface area contributed by atoms with Crippen LogP contribution in [0.3, 0.4) is 0 Å². The minimum absolute atomic E-state index is 0.205. The number of thiophene rings is 1. The number of carbonyl (C=O) groups is 2. The number of nitrogens with two attached hydrogens (primary N) is 1. The second-order valence-electron chi connectivity index (χ2n) is 8.37. The molecule has 1 aromatic heterocycles. The number of nitrogens with zero attached hydrogens (tertiary/aromatic N) is 1. The number of halogens is 2. The molecule has 2 aromatic carbocycles. The number of amides is 1. The third kappa shape index (κ3) is 6.53. The number of ether oxygens (including phenoxy) is 1. The van der Waals surface area contributed by atoms with Gasteiger partial charge in [0.05, 0.1) is 11.0 Å². The molecular formula is C25H26ClFN2O3S. The zero-order valence-electron chi connectivity index (χ0n) is 18.2. The molecule has 174 valence electrons. The predicted molar refractivity (Wildman–Crippen MR) is 130 cm³/mol. The van der Waals surface area contributed by atoms with Gasteiger partial charge in [0.2, 0.25) is 0 Å². The third-order valence-corrected chi connectivity index (χ3v) is 6.96. The number of hydrogen-bond acceptors (Lipinski definition) is 5. The summed E-state index contributed by atoms with van der Waals surface area (Å²) in [4.78, 5) is 24.8. The lowest BCUT2D eigenvalue weighted by Gasteiger charge is -2.30. The van der Waals surface area contributed by atoms with E-state index < -0.39 is 11.7 Å². The average Bonchev–Trinajstić information content (AvgIpc) is 3.47. The molecule has 0 bridgehead atoms. The van der Waals surface area contributed by atoms with Crippen LogP contribution in [-0.4, -0.2) is 42.3 Å². The number of primary amides is 1. The summed E-state index contributed by atoms with van der Waals surface area (Å²) in [5.74, 6) is -1.38. The van der Waals surface area contributed by atoms with E-state index in [0.717, 1.165) is 47.9 Å². The summed E-state index contributed by atoms with van der Waals surface area (Å²) in [7, 11) is 0. The van der Waals surface area contributed by atoms with Crippen LogP contribution >= 0.6 is 22.9 Å². The van der Waals surface area contributed by atoms with Gasteiger partial charge in [0.25, 0.3) is 11.7 Å². The lowest BCUT2D eigenvalue weighted by molar-refractivity contribution is -0.114. The van der Waals surface area contributed by atoms with Gasteiger partial charge in [-0.15, -0.1) is 11.3 Å². The molecule has 8 heteroatoms. The summed E-state index contributed by atoms with van der Waals surface area (Å²) in [6.07, 6.45) is 5.80. The zero-order chi connectivity index (χ0) is 23.4. The number of carbonyl (C=O) groups excluding carboxylic acids is 2. The number of aryl methyl sites for hydroxylation is 1. The maximum absolute atomic E-state index is 13.8. The molecule has 0 unspecified atom stereocenters. The Morgan fingerprint density at radius 2 is 1.94 bits per heavy atom. The molecular weight excluding hydrogens is 463 g/mol. The van der Waals surface area contributed by atoms with Crippen LogP contribution in [0.5, 0.6) is 5.75 Å². The van der Waals surface area contributed by atoms with Crippen LogP contribution in [0.15, 0.2) is 42.5 Å². The zero-order valence-corrected chi connectivity index (χ0v) is 19.8. The first kappa shape index (κ1) is 23.7. The quantitative estimate of drug-likeness (QED) is 0.348. The SMILES string of the molecule is Fc1cc(CCCN2CCC2)ccc1OC1CC1.NC(=O)C(=O)c1cc2ccc(Cl)cc2s1. The number of benzene rings is 2. The molecule has 1 saturated carbocycles. The smallest absolute Gasteiger partial charge is 0.290 e. The first-order chi connectivity index (χ1) is 15.9. The largest absolute Gasteiger partial charge is 0.487 e. The molecule has 1 aliphatic carbocycles. The van der Waals surface area contributed by atoms with Crippen LogP contribution in [0.4, 0.5) is 4.39 Å². The van der Waals surface area contributed by atoms with Gasteiger partial charge < -0.3 is 15.4 Å². The van der Waals surface area contributed by atoms with E-state index in [1.165, 1.54) is 30.8 Å². The number of hydrogen-bond donors (Lipinski definition) is 1. The fourth-order valence-corrected chi connectivity index (χ4v) is 4.79. The van der Waals surface area contributed by atoms with Crippen LogP contribution < -0.4 is 10.5 Å². The first-order valence-corrected chi connectivity index (χ1v) is 12.3. The van der Waals surface area contributed by atoms with Gasteiger partial charge in [-0.1, -0.05) is 23.7 Å². The van der Waals surface area contributed by atoms with Crippen molar-refractivity contribution in [3.63, 3.8) is 0 Å². The van der Waals surface area contributed by atoms with Crippen LogP contribution in [0.25, 0.3) is 10.1 Å². The molecule has 0 atom stereocenters. The standard InChI is InChI=1S/C15H20FNO.C10H6ClNO2S/c16-14-11-12(3-1-8-17-9-2-10-17)4-7-15(14)18-13-5-6-13;11-6-2-1-5-3-8(9(13)10(12)14)15-7(5)4-6/h4,7,11,13H,1-3,5-6,8-10H2;1-4H,(H2,12,14). The summed E-state index contributed by atoms with van der Waals surface area (Å²) in [5.41, 5.74) is 5.99. The Bertz CT molecular complexity index is 1160. The van der Waals surface area contributed by atoms with Crippen molar-refractivity contribution in [3.8, 4) is 5.75 Å². The van der Waals surface area contributed by atoms with Crippen molar-refractivity contribution >= 4 is 44.7 Å². The Balaban J connectivity index is 0.000000160. The molecule has 2 aliphatic rings. The highest BCUT2D eigenvalue weighted by Crippen LogP contribution is 2.29. The molecule has 33 heavy (non-hydrogen) atoms. The molecule has 2 N–H and O–H groups in total. The molecule has 0 radical (unpaired) electrons. The van der Waals surface area contributed by atoms with Gasteiger partial charge in [-0.05, 0) is 93.0 Å². The number of fused-ring (bicyclic) bond motifs is 1. The third-order valence-electron chi connectivity index (χ3n) is 5.63. The number of Topliss-reactive ketones (excluding diaryl/α,β-unsaturated/α-hetero) is 1. The predicted octanol–water partition coefficient (Wildman–Crippen LogP) is 5.23. The molecule has 1 amide bonds. The van der Waals surface area contributed by atoms with E-state index in [1.54, 1.807) is 36.4 Å². The molecule has 2 heterocycles. The van der Waals surface area contributed by atoms with E-state index >= 15 is 0 Å². The molecule has 5 rings (SSSR count). The number of rotatable bonds is 8. The van der Waals surface area contributed by atoms with Gasteiger partial charge in [-0.2, -0.15) is 0 Å². The van der Waals surface area contributed by atoms with E-state index in [2.05, 4.69) is 4.90 Å². The fraction of sp³-hybridized carbons (Fsp3) is 0.360. The van der Waals surface area contributed by atoms with Gasteiger partial charge in [0, 0.05) is 9.72 Å². The van der Waals surface area contributed by atoms with Crippen LogP contribution in [0.1, 0.15) is 40.9 Å². The Hall–Kier alpha value is -2.48. The maximum Gasteiger partial charge on any atom is 0.290 e. The Morgan fingerprint density at radius 1 is 1.15 bits per heavy atom. The minimum Gasteiger partial charge on any atom is -0.487 e. The van der Waals surface area contributed by atoms with Gasteiger partial charge in [-0.3, -0.25) is 9.59 Å². The van der Waals surface area contributed by atoms with Crippen LogP contribution in [-0.2, 0) is 11.2 Å². The van der Waals surface area contributed by atoms with Crippen molar-refractivity contribution in [1.29, 1.82) is 0 Å². The first-order valence-electron chi connectivity index (χ1n) is 11.1. The fourth-order valence-electron chi connectivity index (χ4n) is 3.51. The molecule has 3 aromatic rings. The minimum atomic E-state index is -0.937. The number of ketones is 1. The summed E-state index contributed by atoms with van der Waals surface area (Å²) in [6.45, 7) is 3.62. The van der Waals surface area contributed by atoms with Crippen molar-refractivity contribution in [3.05, 3.63) is 63.7 Å². The summed E-state index contributed by atoms with van der Waals surface area (Å²) in [6, 6.07) is 12.3. The molecule has 2 fully saturated rings. The van der Waals surface area contributed by atoms with Crippen LogP contribution in [0.2, 0.25) is 5.02 Å². The van der Waals surface area contributed by atoms with Gasteiger partial charge in [-0.25, -0.2) is 4.39 Å². The molecule has 1 aliphatic heterocycles. The Kier molecular flexibility index (Phi) is 7.63. The summed E-state index contributed by atoms with van der Waals surface area (Å²) < 4.78 is 20.1. The van der Waals surface area contributed by atoms with Crippen molar-refractivity contribution in [1.82, 2.24) is 4.90 Å². The normalized spacial score (nSPS) is 15.5. The van der Waals surface area contributed by atoms with Gasteiger partial charge >= 0.3 is 0 Å². The highest BCUT2D eigenvalue weighted by atomic mass is 35.5. The van der Waals surface area contributed by atoms with E-state index in [9.17, 15) is 14.0 Å². The second kappa shape index (κ2) is 10.6. The summed E-state index contributed by atoms with van der Waals surface area (Å²) >= 11 is 7.01. The van der Waals surface area contributed by atoms with E-state index in [1.807, 2.05) is 6.07 Å². The van der Waals surface area contributed by atoms with Crippen molar-refractivity contribution < 1.29 is 18.7 Å². The van der Waals surface area contributed by atoms with E-state index in [-0.39, 0.29) is 11.9 Å². The van der Waals surface area contributed by atoms with Crippen molar-refractivity contribution in [2.75, 3.05) is 19.6 Å². The molecule has 1 saturated heterocycles. The average molecular weight is 489 g/mol. The van der Waals surface area contributed by atoms with Crippen LogP contribution in [0, 0.1) is 5.82 Å². The van der Waals surface area contributed by atoms with Gasteiger partial charge in [0.15, 0.2) is 11.6 Å². The van der Waals surface area contributed by atoms with E-state index in [4.69, 9.17) is 22.1 Å². The highest BCUT2D eigenvalue weighted by molar-refractivity contribution is 7.21. The van der Waals surface area contributed by atoms with Crippen molar-refractivity contribution in [2.45, 2.75) is 38.2 Å². The topological polar surface area (TPSA) is 72.6 Å². The van der Waals surface area contributed by atoms with Gasteiger partial charge in [0.1, 0.15) is 0 Å². The van der Waals surface area contributed by atoms with E-state index in [0.29, 0.717) is 15.6 Å². The molecule has 5 nitrogen and oxygen atoms in total. The highest BCUT2D eigenvalue weighted by Gasteiger charge is 2.24. The lowest BCUT2D eigenvalue weighted by Crippen LogP contribution is -2.37.